The average molecular weight is 223 g/mol. The van der Waals surface area contributed by atoms with Crippen LogP contribution in [-0.4, -0.2) is 19.8 Å². The van der Waals surface area contributed by atoms with Crippen molar-refractivity contribution in [3.63, 3.8) is 0 Å². The Balaban J connectivity index is 2.65. The summed E-state index contributed by atoms with van der Waals surface area (Å²) < 4.78 is 10.9. The third-order valence-corrected chi connectivity index (χ3v) is 2.47. The first-order valence-corrected chi connectivity index (χ1v) is 5.65. The molecule has 0 aliphatic heterocycles. The normalized spacial score (nSPS) is 14.5. The summed E-state index contributed by atoms with van der Waals surface area (Å²) in [6, 6.07) is 7.89. The SMILES string of the molecule is COCCC(C)Oc1ccccc1C(C)N. The number of nitrogens with two attached hydrogens (primary N) is 1. The highest BCUT2D eigenvalue weighted by molar-refractivity contribution is 5.35. The standard InChI is InChI=1S/C13H21NO2/c1-10(8-9-15-3)16-13-7-5-4-6-12(13)11(2)14/h4-7,10-11H,8-9,14H2,1-3H3. The topological polar surface area (TPSA) is 44.5 Å². The van der Waals surface area contributed by atoms with E-state index in [0.29, 0.717) is 6.61 Å². The highest BCUT2D eigenvalue weighted by Crippen LogP contribution is 2.24. The van der Waals surface area contributed by atoms with E-state index >= 15 is 0 Å². The van der Waals surface area contributed by atoms with Gasteiger partial charge in [-0.2, -0.15) is 0 Å². The fraction of sp³-hybridized carbons (Fsp3) is 0.538. The van der Waals surface area contributed by atoms with E-state index in [4.69, 9.17) is 15.2 Å². The summed E-state index contributed by atoms with van der Waals surface area (Å²) in [7, 11) is 1.70. The number of ether oxygens (including phenoxy) is 2. The van der Waals surface area contributed by atoms with Gasteiger partial charge in [0.25, 0.3) is 0 Å². The molecular weight excluding hydrogens is 202 g/mol. The minimum atomic E-state index is -0.00850. The molecule has 0 amide bonds. The molecule has 16 heavy (non-hydrogen) atoms. The molecule has 2 N–H and O–H groups in total. The van der Waals surface area contributed by atoms with E-state index in [0.717, 1.165) is 17.7 Å². The minimum Gasteiger partial charge on any atom is -0.490 e. The Kier molecular flexibility index (Phi) is 5.29. The zero-order chi connectivity index (χ0) is 12.0. The van der Waals surface area contributed by atoms with Gasteiger partial charge in [0.05, 0.1) is 6.10 Å². The van der Waals surface area contributed by atoms with Crippen LogP contribution in [0.5, 0.6) is 5.75 Å². The molecule has 0 aliphatic carbocycles. The number of benzene rings is 1. The molecule has 2 unspecified atom stereocenters. The van der Waals surface area contributed by atoms with Crippen LogP contribution in [0.4, 0.5) is 0 Å². The molecule has 0 spiro atoms. The second kappa shape index (κ2) is 6.51. The summed E-state index contributed by atoms with van der Waals surface area (Å²) >= 11 is 0. The monoisotopic (exact) mass is 223 g/mol. The van der Waals surface area contributed by atoms with Crippen molar-refractivity contribution < 1.29 is 9.47 Å². The van der Waals surface area contributed by atoms with Crippen LogP contribution in [0.25, 0.3) is 0 Å². The van der Waals surface area contributed by atoms with Crippen LogP contribution in [0.2, 0.25) is 0 Å². The maximum Gasteiger partial charge on any atom is 0.124 e. The highest BCUT2D eigenvalue weighted by Gasteiger charge is 2.10. The molecule has 0 aliphatic rings. The van der Waals surface area contributed by atoms with E-state index in [2.05, 4.69) is 0 Å². The van der Waals surface area contributed by atoms with Crippen LogP contribution in [0.1, 0.15) is 31.9 Å². The lowest BCUT2D eigenvalue weighted by Crippen LogP contribution is -2.16. The van der Waals surface area contributed by atoms with Crippen molar-refractivity contribution in [1.29, 1.82) is 0 Å². The van der Waals surface area contributed by atoms with E-state index in [9.17, 15) is 0 Å². The van der Waals surface area contributed by atoms with Gasteiger partial charge in [0, 0.05) is 31.7 Å². The Morgan fingerprint density at radius 2 is 1.94 bits per heavy atom. The predicted molar refractivity (Wildman–Crippen MR) is 65.6 cm³/mol. The number of para-hydroxylation sites is 1. The van der Waals surface area contributed by atoms with E-state index in [-0.39, 0.29) is 12.1 Å². The van der Waals surface area contributed by atoms with Crippen LogP contribution < -0.4 is 10.5 Å². The molecular formula is C13H21NO2. The van der Waals surface area contributed by atoms with E-state index in [1.54, 1.807) is 7.11 Å². The Labute approximate surface area is 97.6 Å². The Morgan fingerprint density at radius 3 is 2.56 bits per heavy atom. The quantitative estimate of drug-likeness (QED) is 0.806. The van der Waals surface area contributed by atoms with Crippen LogP contribution >= 0.6 is 0 Å². The molecule has 1 aromatic carbocycles. The molecule has 0 radical (unpaired) electrons. The molecule has 3 nitrogen and oxygen atoms in total. The number of hydrogen-bond acceptors (Lipinski definition) is 3. The first-order chi connectivity index (χ1) is 7.65. The van der Waals surface area contributed by atoms with E-state index in [1.807, 2.05) is 38.1 Å². The molecule has 2 atom stereocenters. The third kappa shape index (κ3) is 3.83. The molecule has 0 aromatic heterocycles. The maximum atomic E-state index is 5.89. The van der Waals surface area contributed by atoms with Crippen molar-refractivity contribution in [1.82, 2.24) is 0 Å². The molecule has 3 heteroatoms. The largest absolute Gasteiger partial charge is 0.490 e. The van der Waals surface area contributed by atoms with Crippen molar-refractivity contribution in [3.05, 3.63) is 29.8 Å². The lowest BCUT2D eigenvalue weighted by molar-refractivity contribution is 0.134. The molecule has 90 valence electrons. The zero-order valence-corrected chi connectivity index (χ0v) is 10.3. The number of methoxy groups -OCH3 is 1. The van der Waals surface area contributed by atoms with E-state index < -0.39 is 0 Å². The molecule has 0 fully saturated rings. The summed E-state index contributed by atoms with van der Waals surface area (Å²) in [5.74, 6) is 0.876. The summed E-state index contributed by atoms with van der Waals surface area (Å²) in [5, 5.41) is 0. The lowest BCUT2D eigenvalue weighted by Gasteiger charge is -2.18. The molecule has 1 aromatic rings. The van der Waals surface area contributed by atoms with Gasteiger partial charge in [-0.05, 0) is 19.9 Å². The lowest BCUT2D eigenvalue weighted by atomic mass is 10.1. The smallest absolute Gasteiger partial charge is 0.124 e. The summed E-state index contributed by atoms with van der Waals surface area (Å²) in [6.45, 7) is 4.71. The molecule has 0 heterocycles. The summed E-state index contributed by atoms with van der Waals surface area (Å²) in [5.41, 5.74) is 6.93. The molecule has 1 rings (SSSR count). The fourth-order valence-corrected chi connectivity index (χ4v) is 1.52. The van der Waals surface area contributed by atoms with Crippen molar-refractivity contribution in [2.45, 2.75) is 32.4 Å². The van der Waals surface area contributed by atoms with Crippen molar-refractivity contribution in [2.75, 3.05) is 13.7 Å². The average Bonchev–Trinajstić information content (AvgIpc) is 2.27. The van der Waals surface area contributed by atoms with Crippen LogP contribution in [0.15, 0.2) is 24.3 Å². The Hall–Kier alpha value is -1.06. The van der Waals surface area contributed by atoms with Gasteiger partial charge in [-0.15, -0.1) is 0 Å². The summed E-state index contributed by atoms with van der Waals surface area (Å²) in [4.78, 5) is 0. The number of rotatable bonds is 6. The molecule has 0 bridgehead atoms. The second-order valence-corrected chi connectivity index (χ2v) is 4.04. The third-order valence-electron chi connectivity index (χ3n) is 2.47. The Bertz CT molecular complexity index is 313. The van der Waals surface area contributed by atoms with E-state index in [1.165, 1.54) is 0 Å². The zero-order valence-electron chi connectivity index (χ0n) is 10.3. The van der Waals surface area contributed by atoms with Gasteiger partial charge in [0.15, 0.2) is 0 Å². The molecule has 0 saturated carbocycles. The number of hydrogen-bond donors (Lipinski definition) is 1. The maximum absolute atomic E-state index is 5.89. The van der Waals surface area contributed by atoms with Gasteiger partial charge < -0.3 is 15.2 Å². The predicted octanol–water partition coefficient (Wildman–Crippen LogP) is 2.51. The van der Waals surface area contributed by atoms with Crippen LogP contribution in [-0.2, 0) is 4.74 Å². The Morgan fingerprint density at radius 1 is 1.25 bits per heavy atom. The second-order valence-electron chi connectivity index (χ2n) is 4.04. The van der Waals surface area contributed by atoms with Gasteiger partial charge in [0.2, 0.25) is 0 Å². The van der Waals surface area contributed by atoms with Crippen LogP contribution in [0, 0.1) is 0 Å². The van der Waals surface area contributed by atoms with Gasteiger partial charge >= 0.3 is 0 Å². The van der Waals surface area contributed by atoms with Gasteiger partial charge in [0.1, 0.15) is 5.75 Å². The van der Waals surface area contributed by atoms with Crippen molar-refractivity contribution in [2.24, 2.45) is 5.73 Å². The molecule has 0 saturated heterocycles. The van der Waals surface area contributed by atoms with Crippen LogP contribution in [0.3, 0.4) is 0 Å². The first-order valence-electron chi connectivity index (χ1n) is 5.65. The van der Waals surface area contributed by atoms with Crippen molar-refractivity contribution >= 4 is 0 Å². The van der Waals surface area contributed by atoms with Crippen molar-refractivity contribution in [3.8, 4) is 5.75 Å². The first kappa shape index (κ1) is 13.0. The highest BCUT2D eigenvalue weighted by atomic mass is 16.5. The van der Waals surface area contributed by atoms with Gasteiger partial charge in [-0.25, -0.2) is 0 Å². The minimum absolute atomic E-state index is 0.00850. The summed E-state index contributed by atoms with van der Waals surface area (Å²) in [6.07, 6.45) is 1.02. The van der Waals surface area contributed by atoms with Gasteiger partial charge in [-0.1, -0.05) is 18.2 Å². The fourth-order valence-electron chi connectivity index (χ4n) is 1.52. The van der Waals surface area contributed by atoms with Gasteiger partial charge in [-0.3, -0.25) is 0 Å².